The molecule has 0 fully saturated rings. The van der Waals surface area contributed by atoms with Gasteiger partial charge in [0.25, 0.3) is 0 Å². The van der Waals surface area contributed by atoms with Crippen LogP contribution in [0.15, 0.2) is 0 Å². The van der Waals surface area contributed by atoms with Gasteiger partial charge in [-0.15, -0.1) is 0 Å². The Kier molecular flexibility index (Phi) is 27.0. The number of unbranched alkanes of at least 4 members (excludes halogenated alkanes) is 4. The lowest BCUT2D eigenvalue weighted by Gasteiger charge is -2.26. The van der Waals surface area contributed by atoms with Gasteiger partial charge in [0.05, 0.1) is 12.6 Å². The topological polar surface area (TPSA) is 342 Å². The average molecular weight is 762 g/mol. The van der Waals surface area contributed by atoms with E-state index in [9.17, 15) is 33.6 Å². The summed E-state index contributed by atoms with van der Waals surface area (Å²) < 4.78 is 0. The van der Waals surface area contributed by atoms with Crippen LogP contribution >= 0.6 is 12.6 Å². The van der Waals surface area contributed by atoms with Crippen molar-refractivity contribution in [2.24, 2.45) is 28.7 Å². The Morgan fingerprint density at radius 3 is 1.33 bits per heavy atom. The summed E-state index contributed by atoms with van der Waals surface area (Å²) in [4.78, 5) is 89.2. The van der Waals surface area contributed by atoms with Gasteiger partial charge in [-0.05, 0) is 104 Å². The Labute approximate surface area is 311 Å². The molecule has 19 nitrogen and oxygen atoms in total. The number of carboxylic acid groups (broad SMARTS) is 1. The standard InChI is InChI=1S/C32H63N11O8S/c1-20(27(45)43-25(19-52)32(50)51)39-26(44)18-38-29(47)22(11-3-7-15-34)41-31(49)24(13-5-9-17-36)42-30(48)23(12-4-8-16-35)40-28(46)21(37)10-2-6-14-33/h20-25,52H,2-19,33-37H2,1H3,(H,38,47)(H,39,44)(H,40,46)(H,41,49)(H,42,48)(H,43,45)(H,50,51)/t20-,21-,22-,23-,24-,25-/m0/s1. The second-order valence-corrected chi connectivity index (χ2v) is 12.9. The zero-order chi connectivity index (χ0) is 39.5. The van der Waals surface area contributed by atoms with Gasteiger partial charge in [0.1, 0.15) is 30.2 Å². The third-order valence-corrected chi connectivity index (χ3v) is 8.40. The van der Waals surface area contributed by atoms with Gasteiger partial charge in [-0.2, -0.15) is 12.6 Å². The van der Waals surface area contributed by atoms with Crippen LogP contribution < -0.4 is 60.6 Å². The number of carbonyl (C=O) groups is 7. The molecule has 0 aromatic carbocycles. The maximum atomic E-state index is 13.6. The smallest absolute Gasteiger partial charge is 0.327 e. The molecule has 0 bridgehead atoms. The Hall–Kier alpha value is -3.56. The number of nitrogens with one attached hydrogen (secondary N) is 6. The van der Waals surface area contributed by atoms with E-state index in [1.807, 2.05) is 0 Å². The van der Waals surface area contributed by atoms with Crippen LogP contribution in [0.4, 0.5) is 0 Å². The van der Waals surface area contributed by atoms with Crippen LogP contribution in [0.2, 0.25) is 0 Å². The van der Waals surface area contributed by atoms with Gasteiger partial charge in [0.2, 0.25) is 35.4 Å². The predicted octanol–water partition coefficient (Wildman–Crippen LogP) is -3.60. The highest BCUT2D eigenvalue weighted by Crippen LogP contribution is 2.09. The molecule has 0 aliphatic carbocycles. The van der Waals surface area contributed by atoms with Gasteiger partial charge < -0.3 is 65.7 Å². The maximum Gasteiger partial charge on any atom is 0.327 e. The van der Waals surface area contributed by atoms with E-state index in [0.717, 1.165) is 0 Å². The largest absolute Gasteiger partial charge is 0.480 e. The van der Waals surface area contributed by atoms with Crippen molar-refractivity contribution in [2.75, 3.05) is 38.5 Å². The van der Waals surface area contributed by atoms with E-state index < -0.39 is 84.2 Å². The van der Waals surface area contributed by atoms with E-state index in [1.54, 1.807) is 0 Å². The van der Waals surface area contributed by atoms with E-state index in [4.69, 9.17) is 33.8 Å². The van der Waals surface area contributed by atoms with Crippen LogP contribution in [0.3, 0.4) is 0 Å². The van der Waals surface area contributed by atoms with Crippen LogP contribution in [-0.4, -0.2) is 121 Å². The Morgan fingerprint density at radius 2 is 0.923 bits per heavy atom. The number of carboxylic acids is 1. The van der Waals surface area contributed by atoms with Crippen LogP contribution in [0.5, 0.6) is 0 Å². The summed E-state index contributed by atoms with van der Waals surface area (Å²) >= 11 is 3.88. The lowest BCUT2D eigenvalue weighted by molar-refractivity contribution is -0.141. The lowest BCUT2D eigenvalue weighted by Crippen LogP contribution is -2.58. The molecule has 0 unspecified atom stereocenters. The van der Waals surface area contributed by atoms with E-state index >= 15 is 0 Å². The predicted molar refractivity (Wildman–Crippen MR) is 199 cm³/mol. The first-order valence-electron chi connectivity index (χ1n) is 17.9. The molecule has 6 amide bonds. The van der Waals surface area contributed by atoms with Crippen molar-refractivity contribution >= 4 is 54.0 Å². The highest BCUT2D eigenvalue weighted by Gasteiger charge is 2.30. The van der Waals surface area contributed by atoms with Crippen LogP contribution in [0.25, 0.3) is 0 Å². The van der Waals surface area contributed by atoms with Crippen molar-refractivity contribution in [2.45, 2.75) is 120 Å². The monoisotopic (exact) mass is 761 g/mol. The third kappa shape index (κ3) is 21.1. The van der Waals surface area contributed by atoms with Crippen molar-refractivity contribution in [1.29, 1.82) is 0 Å². The number of aliphatic carboxylic acids is 1. The molecular weight excluding hydrogens is 698 g/mol. The van der Waals surface area contributed by atoms with E-state index in [1.165, 1.54) is 6.92 Å². The third-order valence-electron chi connectivity index (χ3n) is 8.04. The first-order chi connectivity index (χ1) is 24.7. The fraction of sp³-hybridized carbons (Fsp3) is 0.781. The molecule has 0 saturated carbocycles. The maximum absolute atomic E-state index is 13.6. The minimum Gasteiger partial charge on any atom is -0.480 e. The van der Waals surface area contributed by atoms with Crippen LogP contribution in [0.1, 0.15) is 84.0 Å². The number of rotatable bonds is 30. The van der Waals surface area contributed by atoms with Crippen molar-refractivity contribution < 1.29 is 38.7 Å². The molecule has 0 aromatic rings. The number of hydrogen-bond donors (Lipinski definition) is 13. The minimum absolute atomic E-state index is 0.163. The fourth-order valence-electron chi connectivity index (χ4n) is 4.88. The summed E-state index contributed by atoms with van der Waals surface area (Å²) in [6, 6.07) is -6.43. The van der Waals surface area contributed by atoms with Crippen molar-refractivity contribution in [1.82, 2.24) is 31.9 Å². The summed E-state index contributed by atoms with van der Waals surface area (Å²) in [5.74, 6) is -5.42. The molecule has 300 valence electrons. The molecule has 0 aliphatic rings. The van der Waals surface area contributed by atoms with Crippen LogP contribution in [0, 0.1) is 0 Å². The van der Waals surface area contributed by atoms with E-state index in [-0.39, 0.29) is 25.0 Å². The number of hydrogen-bond acceptors (Lipinski definition) is 13. The Bertz CT molecular complexity index is 1120. The number of thiol groups is 1. The SMILES string of the molecule is C[C@H](NC(=O)CNC(=O)[C@H](CCCCN)NC(=O)[C@H](CCCCN)NC(=O)[C@H](CCCCN)NC(=O)[C@@H](N)CCCCN)C(=O)N[C@@H](CS)C(=O)O. The average Bonchev–Trinajstić information content (AvgIpc) is 3.11. The molecule has 0 heterocycles. The number of amides is 6. The first kappa shape index (κ1) is 48.4. The van der Waals surface area contributed by atoms with Gasteiger partial charge in [-0.3, -0.25) is 28.8 Å². The van der Waals surface area contributed by atoms with Crippen molar-refractivity contribution in [3.8, 4) is 0 Å². The van der Waals surface area contributed by atoms with Crippen molar-refractivity contribution in [3.05, 3.63) is 0 Å². The van der Waals surface area contributed by atoms with Crippen LogP contribution in [-0.2, 0) is 33.6 Å². The molecule has 0 radical (unpaired) electrons. The molecule has 0 aromatic heterocycles. The Morgan fingerprint density at radius 1 is 0.538 bits per heavy atom. The second kappa shape index (κ2) is 29.0. The number of carbonyl (C=O) groups excluding carboxylic acids is 6. The lowest BCUT2D eigenvalue weighted by atomic mass is 10.0. The first-order valence-corrected chi connectivity index (χ1v) is 18.6. The van der Waals surface area contributed by atoms with Gasteiger partial charge in [-0.1, -0.05) is 6.42 Å². The van der Waals surface area contributed by atoms with Crippen molar-refractivity contribution in [3.63, 3.8) is 0 Å². The minimum atomic E-state index is -1.29. The molecule has 0 saturated heterocycles. The molecule has 17 N–H and O–H groups in total. The summed E-state index contributed by atoms with van der Waals surface area (Å²) in [6.45, 7) is 2.33. The quantitative estimate of drug-likeness (QED) is 0.0249. The second-order valence-electron chi connectivity index (χ2n) is 12.5. The fourth-order valence-corrected chi connectivity index (χ4v) is 5.13. The molecule has 52 heavy (non-hydrogen) atoms. The zero-order valence-electron chi connectivity index (χ0n) is 30.3. The van der Waals surface area contributed by atoms with Gasteiger partial charge >= 0.3 is 5.97 Å². The Balaban J connectivity index is 5.76. The number of nitrogens with two attached hydrogens (primary N) is 5. The van der Waals surface area contributed by atoms with Gasteiger partial charge in [0, 0.05) is 5.75 Å². The molecule has 0 spiro atoms. The molecular formula is C32H63N11O8S. The molecule has 0 aliphatic heterocycles. The van der Waals surface area contributed by atoms with Gasteiger partial charge in [-0.25, -0.2) is 4.79 Å². The van der Waals surface area contributed by atoms with E-state index in [0.29, 0.717) is 84.0 Å². The summed E-state index contributed by atoms with van der Waals surface area (Å²) in [5, 5.41) is 24.3. The van der Waals surface area contributed by atoms with E-state index in [2.05, 4.69) is 44.5 Å². The van der Waals surface area contributed by atoms with Gasteiger partial charge in [0.15, 0.2) is 0 Å². The molecule has 0 rings (SSSR count). The molecule has 6 atom stereocenters. The summed E-state index contributed by atoms with van der Waals surface area (Å²) in [5.41, 5.74) is 28.5. The highest BCUT2D eigenvalue weighted by molar-refractivity contribution is 7.80. The summed E-state index contributed by atoms with van der Waals surface area (Å²) in [6.07, 6.45) is 5.51. The molecule has 20 heteroatoms. The summed E-state index contributed by atoms with van der Waals surface area (Å²) in [7, 11) is 0. The highest BCUT2D eigenvalue weighted by atomic mass is 32.1. The zero-order valence-corrected chi connectivity index (χ0v) is 31.2. The normalized spacial score (nSPS) is 14.4.